The molecule has 2 amide bonds. The SMILES string of the molecule is CC(C)(C)C(=O)Nc1ccc2c(c1)C(=O)Nc1ccccc1O2. The number of hydrogen-bond acceptors (Lipinski definition) is 3. The highest BCUT2D eigenvalue weighted by molar-refractivity contribution is 6.09. The lowest BCUT2D eigenvalue weighted by Crippen LogP contribution is -2.27. The summed E-state index contributed by atoms with van der Waals surface area (Å²) in [5, 5.41) is 5.63. The molecule has 1 aliphatic rings. The lowest BCUT2D eigenvalue weighted by molar-refractivity contribution is -0.123. The van der Waals surface area contributed by atoms with Crippen LogP contribution in [0, 0.1) is 5.41 Å². The molecule has 3 rings (SSSR count). The van der Waals surface area contributed by atoms with Crippen molar-refractivity contribution in [1.82, 2.24) is 0 Å². The molecule has 0 radical (unpaired) electrons. The minimum atomic E-state index is -0.512. The predicted octanol–water partition coefficient (Wildman–Crippen LogP) is 4.03. The van der Waals surface area contributed by atoms with E-state index in [0.717, 1.165) is 0 Å². The van der Waals surface area contributed by atoms with Crippen LogP contribution in [-0.4, -0.2) is 11.8 Å². The number of nitrogens with one attached hydrogen (secondary N) is 2. The smallest absolute Gasteiger partial charge is 0.259 e. The van der Waals surface area contributed by atoms with Crippen LogP contribution < -0.4 is 15.4 Å². The zero-order chi connectivity index (χ0) is 16.6. The summed E-state index contributed by atoms with van der Waals surface area (Å²) in [5.41, 5.74) is 1.05. The van der Waals surface area contributed by atoms with Crippen LogP contribution in [-0.2, 0) is 4.79 Å². The fourth-order valence-corrected chi connectivity index (χ4v) is 2.16. The summed E-state index contributed by atoms with van der Waals surface area (Å²) in [6.07, 6.45) is 0. The first kappa shape index (κ1) is 15.1. The standard InChI is InChI=1S/C18H18N2O3/c1-18(2,3)17(22)19-11-8-9-14-12(10-11)16(21)20-13-6-4-5-7-15(13)23-14/h4-10H,1-3H3,(H,19,22)(H,20,21). The van der Waals surface area contributed by atoms with Crippen molar-refractivity contribution in [3.05, 3.63) is 48.0 Å². The van der Waals surface area contributed by atoms with Crippen LogP contribution >= 0.6 is 0 Å². The molecule has 0 saturated heterocycles. The topological polar surface area (TPSA) is 67.4 Å². The van der Waals surface area contributed by atoms with E-state index in [0.29, 0.717) is 28.4 Å². The average molecular weight is 310 g/mol. The lowest BCUT2D eigenvalue weighted by atomic mass is 9.95. The predicted molar refractivity (Wildman–Crippen MR) is 89.0 cm³/mol. The number of hydrogen-bond donors (Lipinski definition) is 2. The second kappa shape index (κ2) is 5.43. The summed E-state index contributed by atoms with van der Waals surface area (Å²) >= 11 is 0. The average Bonchev–Trinajstić information content (AvgIpc) is 2.62. The Morgan fingerprint density at radius 2 is 1.83 bits per heavy atom. The van der Waals surface area contributed by atoms with E-state index >= 15 is 0 Å². The van der Waals surface area contributed by atoms with Gasteiger partial charge < -0.3 is 15.4 Å². The molecule has 23 heavy (non-hydrogen) atoms. The van der Waals surface area contributed by atoms with Gasteiger partial charge in [0.05, 0.1) is 11.3 Å². The normalized spacial score (nSPS) is 13.1. The summed E-state index contributed by atoms with van der Waals surface area (Å²) in [5.74, 6) is 0.666. The lowest BCUT2D eigenvalue weighted by Gasteiger charge is -2.18. The van der Waals surface area contributed by atoms with E-state index in [1.807, 2.05) is 32.9 Å². The van der Waals surface area contributed by atoms with Crippen LogP contribution in [0.15, 0.2) is 42.5 Å². The second-order valence-corrected chi connectivity index (χ2v) is 6.47. The fourth-order valence-electron chi connectivity index (χ4n) is 2.16. The minimum absolute atomic E-state index is 0.115. The van der Waals surface area contributed by atoms with Gasteiger partial charge in [-0.05, 0) is 30.3 Å². The van der Waals surface area contributed by atoms with Gasteiger partial charge in [0, 0.05) is 11.1 Å². The van der Waals surface area contributed by atoms with Gasteiger partial charge in [-0.2, -0.15) is 0 Å². The van der Waals surface area contributed by atoms with Crippen LogP contribution in [0.4, 0.5) is 11.4 Å². The molecule has 2 N–H and O–H groups in total. The second-order valence-electron chi connectivity index (χ2n) is 6.47. The fraction of sp³-hybridized carbons (Fsp3) is 0.222. The molecule has 1 aliphatic heterocycles. The molecule has 2 aromatic rings. The molecule has 5 nitrogen and oxygen atoms in total. The molecule has 0 aliphatic carbocycles. The Kier molecular flexibility index (Phi) is 3.56. The Labute approximate surface area is 134 Å². The van der Waals surface area contributed by atoms with E-state index in [4.69, 9.17) is 4.74 Å². The first-order valence-electron chi connectivity index (χ1n) is 7.38. The number of para-hydroxylation sites is 2. The molecule has 118 valence electrons. The summed E-state index contributed by atoms with van der Waals surface area (Å²) in [6.45, 7) is 5.49. The number of benzene rings is 2. The molecule has 0 spiro atoms. The van der Waals surface area contributed by atoms with Gasteiger partial charge >= 0.3 is 0 Å². The van der Waals surface area contributed by atoms with Crippen molar-refractivity contribution in [2.75, 3.05) is 10.6 Å². The van der Waals surface area contributed by atoms with Crippen molar-refractivity contribution in [2.24, 2.45) is 5.41 Å². The Morgan fingerprint density at radius 1 is 1.09 bits per heavy atom. The highest BCUT2D eigenvalue weighted by atomic mass is 16.5. The molecule has 2 aromatic carbocycles. The van der Waals surface area contributed by atoms with Crippen molar-refractivity contribution in [2.45, 2.75) is 20.8 Å². The van der Waals surface area contributed by atoms with Gasteiger partial charge in [-0.3, -0.25) is 9.59 Å². The number of fused-ring (bicyclic) bond motifs is 2. The molecule has 0 fully saturated rings. The quantitative estimate of drug-likeness (QED) is 0.835. The summed E-state index contributed by atoms with van der Waals surface area (Å²) in [4.78, 5) is 24.5. The van der Waals surface area contributed by atoms with E-state index in [2.05, 4.69) is 10.6 Å². The summed E-state index contributed by atoms with van der Waals surface area (Å²) < 4.78 is 5.80. The van der Waals surface area contributed by atoms with Crippen LogP contribution in [0.1, 0.15) is 31.1 Å². The number of rotatable bonds is 1. The Bertz CT molecular complexity index is 791. The maximum atomic E-state index is 12.4. The number of ether oxygens (including phenoxy) is 1. The minimum Gasteiger partial charge on any atom is -0.454 e. The monoisotopic (exact) mass is 310 g/mol. The van der Waals surface area contributed by atoms with Gasteiger partial charge in [-0.25, -0.2) is 0 Å². The number of carbonyl (C=O) groups is 2. The van der Waals surface area contributed by atoms with Gasteiger partial charge in [0.2, 0.25) is 5.91 Å². The van der Waals surface area contributed by atoms with Crippen LogP contribution in [0.3, 0.4) is 0 Å². The Hall–Kier alpha value is -2.82. The van der Waals surface area contributed by atoms with Gasteiger partial charge in [-0.1, -0.05) is 32.9 Å². The van der Waals surface area contributed by atoms with Crippen LogP contribution in [0.5, 0.6) is 11.5 Å². The molecule has 0 saturated carbocycles. The van der Waals surface area contributed by atoms with E-state index in [-0.39, 0.29) is 11.8 Å². The van der Waals surface area contributed by atoms with Gasteiger partial charge in [0.15, 0.2) is 5.75 Å². The van der Waals surface area contributed by atoms with E-state index in [1.165, 1.54) is 0 Å². The number of amides is 2. The Morgan fingerprint density at radius 3 is 2.57 bits per heavy atom. The number of anilines is 2. The van der Waals surface area contributed by atoms with Crippen molar-refractivity contribution in [1.29, 1.82) is 0 Å². The van der Waals surface area contributed by atoms with Crippen LogP contribution in [0.2, 0.25) is 0 Å². The third-order valence-electron chi connectivity index (χ3n) is 3.52. The summed E-state index contributed by atoms with van der Waals surface area (Å²) in [6, 6.07) is 12.3. The highest BCUT2D eigenvalue weighted by Gasteiger charge is 2.24. The third kappa shape index (κ3) is 3.04. The Balaban J connectivity index is 1.94. The van der Waals surface area contributed by atoms with Gasteiger partial charge in [0.1, 0.15) is 5.75 Å². The van der Waals surface area contributed by atoms with Crippen molar-refractivity contribution in [3.63, 3.8) is 0 Å². The molecular weight excluding hydrogens is 292 g/mol. The van der Waals surface area contributed by atoms with Gasteiger partial charge in [0.25, 0.3) is 5.91 Å². The van der Waals surface area contributed by atoms with E-state index in [9.17, 15) is 9.59 Å². The molecule has 0 aromatic heterocycles. The first-order chi connectivity index (χ1) is 10.8. The zero-order valence-electron chi connectivity index (χ0n) is 13.3. The first-order valence-corrected chi connectivity index (χ1v) is 7.38. The maximum Gasteiger partial charge on any atom is 0.259 e. The molecule has 0 bridgehead atoms. The maximum absolute atomic E-state index is 12.4. The van der Waals surface area contributed by atoms with Crippen LogP contribution in [0.25, 0.3) is 0 Å². The van der Waals surface area contributed by atoms with Crippen molar-refractivity contribution >= 4 is 23.2 Å². The molecule has 0 unspecified atom stereocenters. The van der Waals surface area contributed by atoms with Crippen molar-refractivity contribution in [3.8, 4) is 11.5 Å². The van der Waals surface area contributed by atoms with E-state index in [1.54, 1.807) is 30.3 Å². The third-order valence-corrected chi connectivity index (χ3v) is 3.52. The molecular formula is C18H18N2O3. The van der Waals surface area contributed by atoms with Gasteiger partial charge in [-0.15, -0.1) is 0 Å². The van der Waals surface area contributed by atoms with Crippen molar-refractivity contribution < 1.29 is 14.3 Å². The van der Waals surface area contributed by atoms with E-state index < -0.39 is 5.41 Å². The highest BCUT2D eigenvalue weighted by Crippen LogP contribution is 2.36. The molecule has 1 heterocycles. The zero-order valence-corrected chi connectivity index (χ0v) is 13.3. The summed E-state index contributed by atoms with van der Waals surface area (Å²) in [7, 11) is 0. The number of carbonyl (C=O) groups excluding carboxylic acids is 2. The molecule has 5 heteroatoms. The molecule has 0 atom stereocenters. The largest absolute Gasteiger partial charge is 0.454 e.